The number of nitriles is 1. The van der Waals surface area contributed by atoms with Crippen LogP contribution in [-0.4, -0.2) is 42.8 Å². The van der Waals surface area contributed by atoms with Gasteiger partial charge in [0.15, 0.2) is 0 Å². The van der Waals surface area contributed by atoms with Gasteiger partial charge in [-0.3, -0.25) is 4.79 Å². The molecule has 0 bridgehead atoms. The predicted octanol–water partition coefficient (Wildman–Crippen LogP) is 1.42. The van der Waals surface area contributed by atoms with E-state index in [1.54, 1.807) is 19.9 Å². The second-order valence-electron chi connectivity index (χ2n) is 5.47. The third kappa shape index (κ3) is 9.53. The van der Waals surface area contributed by atoms with Gasteiger partial charge >= 0.3 is 5.97 Å². The number of hydrogen-bond donors (Lipinski definition) is 3. The zero-order valence-electron chi connectivity index (χ0n) is 14.1. The smallest absolute Gasteiger partial charge is 0.326 e. The lowest BCUT2D eigenvalue weighted by molar-refractivity contribution is -0.140. The van der Waals surface area contributed by atoms with Gasteiger partial charge in [0.2, 0.25) is 0 Å². The maximum atomic E-state index is 11.8. The molecule has 1 unspecified atom stereocenters. The van der Waals surface area contributed by atoms with Gasteiger partial charge in [0.25, 0.3) is 5.91 Å². The van der Waals surface area contributed by atoms with Crippen molar-refractivity contribution in [2.45, 2.75) is 46.1 Å². The van der Waals surface area contributed by atoms with E-state index in [-0.39, 0.29) is 11.5 Å². The lowest BCUT2D eigenvalue weighted by atomic mass is 10.1. The van der Waals surface area contributed by atoms with Crippen LogP contribution in [-0.2, 0) is 14.3 Å². The second kappa shape index (κ2) is 12.5. The molecular formula is C16H27N3O4. The van der Waals surface area contributed by atoms with Crippen molar-refractivity contribution in [2.75, 3.05) is 19.8 Å². The molecule has 0 saturated carbocycles. The van der Waals surface area contributed by atoms with Crippen LogP contribution in [0, 0.1) is 17.2 Å². The molecule has 0 fully saturated rings. The topological polar surface area (TPSA) is 111 Å². The summed E-state index contributed by atoms with van der Waals surface area (Å²) in [5, 5.41) is 23.3. The van der Waals surface area contributed by atoms with Gasteiger partial charge in [0, 0.05) is 26.0 Å². The fourth-order valence-corrected chi connectivity index (χ4v) is 1.69. The number of rotatable bonds is 12. The Balaban J connectivity index is 4.23. The molecule has 7 nitrogen and oxygen atoms in total. The lowest BCUT2D eigenvalue weighted by Gasteiger charge is -2.16. The van der Waals surface area contributed by atoms with Gasteiger partial charge in [-0.25, -0.2) is 4.79 Å². The Labute approximate surface area is 137 Å². The number of nitrogens with zero attached hydrogens (tertiary/aromatic N) is 1. The zero-order valence-corrected chi connectivity index (χ0v) is 14.1. The number of carboxylic acid groups (broad SMARTS) is 1. The summed E-state index contributed by atoms with van der Waals surface area (Å²) in [7, 11) is 0. The lowest BCUT2D eigenvalue weighted by Crippen LogP contribution is -2.38. The first kappa shape index (κ1) is 20.9. The van der Waals surface area contributed by atoms with E-state index >= 15 is 0 Å². The van der Waals surface area contributed by atoms with Crippen molar-refractivity contribution >= 4 is 11.9 Å². The van der Waals surface area contributed by atoms with Gasteiger partial charge in [-0.2, -0.15) is 5.26 Å². The first-order valence-electron chi connectivity index (χ1n) is 7.89. The van der Waals surface area contributed by atoms with Gasteiger partial charge in [0.1, 0.15) is 17.7 Å². The van der Waals surface area contributed by atoms with Crippen LogP contribution in [0.5, 0.6) is 0 Å². The van der Waals surface area contributed by atoms with Gasteiger partial charge in [-0.1, -0.05) is 27.2 Å². The summed E-state index contributed by atoms with van der Waals surface area (Å²) in [4.78, 5) is 22.9. The number of carbonyl (C=O) groups excluding carboxylic acids is 1. The highest BCUT2D eigenvalue weighted by Crippen LogP contribution is 2.02. The van der Waals surface area contributed by atoms with Crippen molar-refractivity contribution in [1.82, 2.24) is 10.6 Å². The Morgan fingerprint density at radius 3 is 2.48 bits per heavy atom. The molecule has 0 aliphatic rings. The maximum Gasteiger partial charge on any atom is 0.326 e. The molecule has 0 aromatic heterocycles. The van der Waals surface area contributed by atoms with Crippen LogP contribution in [0.25, 0.3) is 0 Å². The van der Waals surface area contributed by atoms with E-state index in [1.807, 2.05) is 0 Å². The highest BCUT2D eigenvalue weighted by Gasteiger charge is 2.20. The first-order chi connectivity index (χ1) is 10.9. The quantitative estimate of drug-likeness (QED) is 0.284. The molecule has 0 aliphatic carbocycles. The molecule has 1 amide bonds. The summed E-state index contributed by atoms with van der Waals surface area (Å²) in [6.45, 7) is 7.23. The van der Waals surface area contributed by atoms with Gasteiger partial charge in [-0.15, -0.1) is 0 Å². The maximum absolute atomic E-state index is 11.8. The zero-order chi connectivity index (χ0) is 17.7. The predicted molar refractivity (Wildman–Crippen MR) is 86.4 cm³/mol. The van der Waals surface area contributed by atoms with Crippen molar-refractivity contribution in [3.05, 3.63) is 11.8 Å². The van der Waals surface area contributed by atoms with E-state index in [4.69, 9.17) is 15.1 Å². The number of carbonyl (C=O) groups is 2. The summed E-state index contributed by atoms with van der Waals surface area (Å²) >= 11 is 0. The summed E-state index contributed by atoms with van der Waals surface area (Å²) in [5.41, 5.74) is -0.149. The van der Waals surface area contributed by atoms with Crippen LogP contribution in [0.15, 0.2) is 11.8 Å². The van der Waals surface area contributed by atoms with Crippen LogP contribution < -0.4 is 10.6 Å². The largest absolute Gasteiger partial charge is 0.480 e. The van der Waals surface area contributed by atoms with Gasteiger partial charge < -0.3 is 20.5 Å². The summed E-state index contributed by atoms with van der Waals surface area (Å²) < 4.78 is 5.37. The van der Waals surface area contributed by atoms with Crippen LogP contribution in [0.4, 0.5) is 0 Å². The third-order valence-corrected chi connectivity index (χ3v) is 3.10. The molecular weight excluding hydrogens is 298 g/mol. The fraction of sp³-hybridized carbons (Fsp3) is 0.688. The molecule has 0 aromatic rings. The van der Waals surface area contributed by atoms with Crippen LogP contribution in [0.2, 0.25) is 0 Å². The standard InChI is InChI=1S/C16H27N3O4/c1-4-5-8-23-9-6-7-18-15(20)13(10-17)11-19-14(12(2)3)16(21)22/h11-12,14,19H,4-9H2,1-3H3,(H,18,20)(H,21,22)/b13-11-. The SMILES string of the molecule is CCCCOCCCNC(=O)/C(C#N)=C\NC(C(=O)O)C(C)C. The molecule has 23 heavy (non-hydrogen) atoms. The Morgan fingerprint density at radius 2 is 1.96 bits per heavy atom. The van der Waals surface area contributed by atoms with Crippen molar-refractivity contribution in [1.29, 1.82) is 5.26 Å². The summed E-state index contributed by atoms with van der Waals surface area (Å²) in [6, 6.07) is 0.917. The molecule has 0 rings (SSSR count). The number of unbranched alkanes of at least 4 members (excludes halogenated alkanes) is 1. The second-order valence-corrected chi connectivity index (χ2v) is 5.47. The molecule has 0 aliphatic heterocycles. The van der Waals surface area contributed by atoms with Gasteiger partial charge in [-0.05, 0) is 18.8 Å². The van der Waals surface area contributed by atoms with Crippen LogP contribution in [0.3, 0.4) is 0 Å². The van der Waals surface area contributed by atoms with Crippen molar-refractivity contribution in [2.24, 2.45) is 5.92 Å². The summed E-state index contributed by atoms with van der Waals surface area (Å²) in [5.74, 6) is -1.73. The number of carboxylic acids is 1. The average molecular weight is 325 g/mol. The Bertz CT molecular complexity index is 441. The number of ether oxygens (including phenoxy) is 1. The molecule has 0 heterocycles. The normalized spacial score (nSPS) is 12.6. The van der Waals surface area contributed by atoms with Crippen molar-refractivity contribution < 1.29 is 19.4 Å². The van der Waals surface area contributed by atoms with E-state index in [1.165, 1.54) is 0 Å². The number of aliphatic carboxylic acids is 1. The number of hydrogen-bond acceptors (Lipinski definition) is 5. The van der Waals surface area contributed by atoms with Crippen LogP contribution >= 0.6 is 0 Å². The molecule has 1 atom stereocenters. The van der Waals surface area contributed by atoms with Crippen molar-refractivity contribution in [3.8, 4) is 6.07 Å². The monoisotopic (exact) mass is 325 g/mol. The van der Waals surface area contributed by atoms with E-state index < -0.39 is 17.9 Å². The minimum absolute atomic E-state index is 0.149. The molecule has 0 aromatic carbocycles. The van der Waals surface area contributed by atoms with Crippen LogP contribution in [0.1, 0.15) is 40.0 Å². The molecule has 0 spiro atoms. The minimum atomic E-state index is -1.03. The summed E-state index contributed by atoms with van der Waals surface area (Å²) in [6.07, 6.45) is 3.91. The average Bonchev–Trinajstić information content (AvgIpc) is 2.49. The first-order valence-corrected chi connectivity index (χ1v) is 7.89. The van der Waals surface area contributed by atoms with E-state index in [2.05, 4.69) is 17.6 Å². The number of amides is 1. The molecule has 0 radical (unpaired) electrons. The van der Waals surface area contributed by atoms with Crippen molar-refractivity contribution in [3.63, 3.8) is 0 Å². The Kier molecular flexibility index (Phi) is 11.3. The molecule has 0 saturated heterocycles. The molecule has 7 heteroatoms. The van der Waals surface area contributed by atoms with E-state index in [0.29, 0.717) is 26.2 Å². The Hall–Kier alpha value is -2.07. The highest BCUT2D eigenvalue weighted by atomic mass is 16.5. The third-order valence-electron chi connectivity index (χ3n) is 3.10. The van der Waals surface area contributed by atoms with E-state index in [0.717, 1.165) is 19.0 Å². The molecule has 130 valence electrons. The fourth-order valence-electron chi connectivity index (χ4n) is 1.69. The Morgan fingerprint density at radius 1 is 1.30 bits per heavy atom. The number of nitrogens with one attached hydrogen (secondary N) is 2. The minimum Gasteiger partial charge on any atom is -0.480 e. The molecule has 3 N–H and O–H groups in total. The van der Waals surface area contributed by atoms with Gasteiger partial charge in [0.05, 0.1) is 0 Å². The highest BCUT2D eigenvalue weighted by molar-refractivity contribution is 5.97. The van der Waals surface area contributed by atoms with E-state index in [9.17, 15) is 9.59 Å².